The zero-order chi connectivity index (χ0) is 12.1. The van der Waals surface area contributed by atoms with Gasteiger partial charge in [-0.3, -0.25) is 0 Å². The molecule has 0 atom stereocenters. The van der Waals surface area contributed by atoms with Gasteiger partial charge in [-0.25, -0.2) is 4.79 Å². The molecule has 0 spiro atoms. The van der Waals surface area contributed by atoms with Crippen molar-refractivity contribution in [2.75, 3.05) is 0 Å². The lowest BCUT2D eigenvalue weighted by molar-refractivity contribution is -0.131. The lowest BCUT2D eigenvalue weighted by Gasteiger charge is -2.12. The number of hydrogen-bond donors (Lipinski definition) is 1. The molecule has 0 aliphatic heterocycles. The molecule has 0 heterocycles. The fraction of sp³-hybridized carbons (Fsp3) is 0.250. The van der Waals surface area contributed by atoms with Gasteiger partial charge in [0.1, 0.15) is 5.75 Å². The minimum absolute atomic E-state index is 0.0261. The van der Waals surface area contributed by atoms with E-state index >= 15 is 0 Å². The Kier molecular flexibility index (Phi) is 4.38. The molecule has 0 aromatic heterocycles. The number of rotatable bonds is 4. The van der Waals surface area contributed by atoms with Crippen molar-refractivity contribution < 1.29 is 14.6 Å². The van der Waals surface area contributed by atoms with Crippen LogP contribution in [-0.2, 0) is 4.79 Å². The molecule has 3 nitrogen and oxygen atoms in total. The molecule has 0 bridgehead atoms. The molecule has 0 aliphatic rings. The third kappa shape index (κ3) is 3.95. The van der Waals surface area contributed by atoms with E-state index in [4.69, 9.17) is 21.4 Å². The maximum absolute atomic E-state index is 10.4. The Hall–Kier alpha value is -1.48. The Balaban J connectivity index is 3.03. The molecular weight excluding hydrogens is 228 g/mol. The van der Waals surface area contributed by atoms with Crippen LogP contribution in [0.3, 0.4) is 0 Å². The maximum atomic E-state index is 10.4. The fourth-order valence-electron chi connectivity index (χ4n) is 1.17. The highest BCUT2D eigenvalue weighted by Gasteiger charge is 2.04. The Morgan fingerprint density at radius 3 is 2.75 bits per heavy atom. The molecule has 86 valence electrons. The first-order chi connectivity index (χ1) is 7.49. The second-order valence-corrected chi connectivity index (χ2v) is 3.96. The van der Waals surface area contributed by atoms with Crippen LogP contribution < -0.4 is 4.74 Å². The van der Waals surface area contributed by atoms with Crippen molar-refractivity contribution in [3.63, 3.8) is 0 Å². The van der Waals surface area contributed by atoms with Crippen molar-refractivity contribution in [2.45, 2.75) is 20.0 Å². The van der Waals surface area contributed by atoms with E-state index in [2.05, 4.69) is 0 Å². The quantitative estimate of drug-likeness (QED) is 0.822. The highest BCUT2D eigenvalue weighted by atomic mass is 35.5. The standard InChI is InChI=1S/C12H13ClO3/c1-8(2)16-11-5-4-10(13)7-9(11)3-6-12(14)15/h3-8H,1-2H3,(H,14,15)/b6-3+. The second kappa shape index (κ2) is 5.56. The number of hydrogen-bond acceptors (Lipinski definition) is 2. The molecule has 1 aromatic carbocycles. The predicted molar refractivity (Wildman–Crippen MR) is 63.9 cm³/mol. The van der Waals surface area contributed by atoms with Gasteiger partial charge in [0, 0.05) is 16.7 Å². The van der Waals surface area contributed by atoms with Crippen LogP contribution in [0.5, 0.6) is 5.75 Å². The summed E-state index contributed by atoms with van der Waals surface area (Å²) in [5, 5.41) is 9.10. The van der Waals surface area contributed by atoms with Gasteiger partial charge in [0.15, 0.2) is 0 Å². The molecule has 1 rings (SSSR count). The lowest BCUT2D eigenvalue weighted by atomic mass is 10.2. The van der Waals surface area contributed by atoms with Gasteiger partial charge in [-0.15, -0.1) is 0 Å². The highest BCUT2D eigenvalue weighted by Crippen LogP contribution is 2.25. The molecule has 0 saturated carbocycles. The summed E-state index contributed by atoms with van der Waals surface area (Å²) in [6, 6.07) is 5.10. The third-order valence-corrected chi connectivity index (χ3v) is 1.98. The second-order valence-electron chi connectivity index (χ2n) is 3.52. The largest absolute Gasteiger partial charge is 0.490 e. The molecule has 0 radical (unpaired) electrons. The smallest absolute Gasteiger partial charge is 0.328 e. The lowest BCUT2D eigenvalue weighted by Crippen LogP contribution is -2.06. The third-order valence-electron chi connectivity index (χ3n) is 1.74. The topological polar surface area (TPSA) is 46.5 Å². The van der Waals surface area contributed by atoms with Crippen LogP contribution >= 0.6 is 11.6 Å². The van der Waals surface area contributed by atoms with Crippen molar-refractivity contribution in [2.24, 2.45) is 0 Å². The van der Waals surface area contributed by atoms with Crippen LogP contribution in [0.4, 0.5) is 0 Å². The van der Waals surface area contributed by atoms with Gasteiger partial charge in [-0.05, 0) is 38.1 Å². The van der Waals surface area contributed by atoms with E-state index in [1.165, 1.54) is 6.08 Å². The molecule has 0 amide bonds. The van der Waals surface area contributed by atoms with Crippen LogP contribution in [0.15, 0.2) is 24.3 Å². The summed E-state index contributed by atoms with van der Waals surface area (Å²) in [7, 11) is 0. The Bertz CT molecular complexity index is 411. The van der Waals surface area contributed by atoms with Crippen LogP contribution in [0.25, 0.3) is 6.08 Å². The molecule has 16 heavy (non-hydrogen) atoms. The monoisotopic (exact) mass is 240 g/mol. The van der Waals surface area contributed by atoms with Gasteiger partial charge in [0.25, 0.3) is 0 Å². The number of aliphatic carboxylic acids is 1. The summed E-state index contributed by atoms with van der Waals surface area (Å²) >= 11 is 5.83. The van der Waals surface area contributed by atoms with Crippen LogP contribution in [0.1, 0.15) is 19.4 Å². The first-order valence-electron chi connectivity index (χ1n) is 4.86. The SMILES string of the molecule is CC(C)Oc1ccc(Cl)cc1/C=C/C(=O)O. The molecule has 0 fully saturated rings. The first-order valence-corrected chi connectivity index (χ1v) is 5.24. The van der Waals surface area contributed by atoms with Crippen LogP contribution in [0.2, 0.25) is 5.02 Å². The van der Waals surface area contributed by atoms with Crippen molar-refractivity contribution >= 4 is 23.6 Å². The van der Waals surface area contributed by atoms with E-state index in [0.717, 1.165) is 6.08 Å². The van der Waals surface area contributed by atoms with E-state index in [0.29, 0.717) is 16.3 Å². The molecule has 0 aliphatic carbocycles. The van der Waals surface area contributed by atoms with Crippen molar-refractivity contribution in [3.8, 4) is 5.75 Å². The number of benzene rings is 1. The summed E-state index contributed by atoms with van der Waals surface area (Å²) in [6.45, 7) is 3.80. The fourth-order valence-corrected chi connectivity index (χ4v) is 1.35. The highest BCUT2D eigenvalue weighted by molar-refractivity contribution is 6.30. The summed E-state index contributed by atoms with van der Waals surface area (Å²) < 4.78 is 5.53. The summed E-state index contributed by atoms with van der Waals surface area (Å²) in [5.41, 5.74) is 0.656. The van der Waals surface area contributed by atoms with E-state index in [-0.39, 0.29) is 6.10 Å². The van der Waals surface area contributed by atoms with Gasteiger partial charge >= 0.3 is 5.97 Å². The zero-order valence-corrected chi connectivity index (χ0v) is 9.86. The summed E-state index contributed by atoms with van der Waals surface area (Å²) in [6.07, 6.45) is 2.54. The normalized spacial score (nSPS) is 11.0. The van der Waals surface area contributed by atoms with E-state index < -0.39 is 5.97 Å². The van der Waals surface area contributed by atoms with Gasteiger partial charge in [0.2, 0.25) is 0 Å². The van der Waals surface area contributed by atoms with Gasteiger partial charge < -0.3 is 9.84 Å². The van der Waals surface area contributed by atoms with E-state index in [9.17, 15) is 4.79 Å². The number of ether oxygens (including phenoxy) is 1. The van der Waals surface area contributed by atoms with Crippen molar-refractivity contribution in [3.05, 3.63) is 34.9 Å². The van der Waals surface area contributed by atoms with E-state index in [1.807, 2.05) is 13.8 Å². The summed E-state index contributed by atoms with van der Waals surface area (Å²) in [4.78, 5) is 10.4. The Morgan fingerprint density at radius 1 is 1.50 bits per heavy atom. The molecule has 1 N–H and O–H groups in total. The number of halogens is 1. The average Bonchev–Trinajstić information content (AvgIpc) is 2.17. The van der Waals surface area contributed by atoms with Crippen LogP contribution in [-0.4, -0.2) is 17.2 Å². The number of carboxylic acid groups (broad SMARTS) is 1. The molecular formula is C12H13ClO3. The van der Waals surface area contributed by atoms with Crippen molar-refractivity contribution in [1.82, 2.24) is 0 Å². The molecule has 1 aromatic rings. The molecule has 0 unspecified atom stereocenters. The molecule has 4 heteroatoms. The molecule has 0 saturated heterocycles. The van der Waals surface area contributed by atoms with Crippen molar-refractivity contribution in [1.29, 1.82) is 0 Å². The zero-order valence-electron chi connectivity index (χ0n) is 9.11. The van der Waals surface area contributed by atoms with Gasteiger partial charge in [-0.1, -0.05) is 11.6 Å². The Morgan fingerprint density at radius 2 is 2.19 bits per heavy atom. The minimum atomic E-state index is -1.00. The van der Waals surface area contributed by atoms with Gasteiger partial charge in [0.05, 0.1) is 6.10 Å². The average molecular weight is 241 g/mol. The number of carboxylic acids is 1. The summed E-state index contributed by atoms with van der Waals surface area (Å²) in [5.74, 6) is -0.382. The number of carbonyl (C=O) groups is 1. The first kappa shape index (κ1) is 12.6. The Labute approximate surface area is 99.3 Å². The van der Waals surface area contributed by atoms with E-state index in [1.54, 1.807) is 18.2 Å². The maximum Gasteiger partial charge on any atom is 0.328 e. The van der Waals surface area contributed by atoms with Crippen LogP contribution in [0, 0.1) is 0 Å². The van der Waals surface area contributed by atoms with Gasteiger partial charge in [-0.2, -0.15) is 0 Å². The predicted octanol–water partition coefficient (Wildman–Crippen LogP) is 3.23. The minimum Gasteiger partial charge on any atom is -0.490 e.